The SMILES string of the molecule is CC[C@@H](C)/C=C(C)/C=C/C(=O)c1c(=O)n(O)c[13c](-c2ccc(O)cc2)[13c]1O. The van der Waals surface area contributed by atoms with Crippen molar-refractivity contribution in [3.8, 4) is 22.6 Å². The number of nitrogens with zero attached hydrogens (tertiary/aromatic N) is 1. The highest BCUT2D eigenvalue weighted by Crippen LogP contribution is 2.31. The van der Waals surface area contributed by atoms with E-state index in [0.717, 1.165) is 18.2 Å². The molecule has 6 nitrogen and oxygen atoms in total. The van der Waals surface area contributed by atoms with Gasteiger partial charge in [-0.25, -0.2) is 0 Å². The number of carbonyl (C=O) groups is 1. The van der Waals surface area contributed by atoms with Crippen molar-refractivity contribution in [3.63, 3.8) is 0 Å². The number of carbonyl (C=O) groups excluding carboxylic acids is 1. The lowest BCUT2D eigenvalue weighted by molar-refractivity contribution is 0.103. The van der Waals surface area contributed by atoms with E-state index in [2.05, 4.69) is 13.8 Å². The van der Waals surface area contributed by atoms with Gasteiger partial charge in [0.05, 0.1) is 6.20 Å². The first kappa shape index (κ1) is 20.0. The maximum atomic E-state index is 12.5. The molecule has 0 saturated heterocycles. The third-order valence-electron chi connectivity index (χ3n) is 4.28. The second-order valence-electron chi connectivity index (χ2n) is 6.46. The van der Waals surface area contributed by atoms with Gasteiger partial charge in [-0.3, -0.25) is 9.59 Å². The summed E-state index contributed by atoms with van der Waals surface area (Å²) in [4.78, 5) is 24.7. The van der Waals surface area contributed by atoms with Gasteiger partial charge in [-0.05, 0) is 36.6 Å². The van der Waals surface area contributed by atoms with Gasteiger partial charge in [0.15, 0.2) is 5.78 Å². The van der Waals surface area contributed by atoms with E-state index in [4.69, 9.17) is 0 Å². The minimum atomic E-state index is -1.01. The Kier molecular flexibility index (Phi) is 6.23. The second kappa shape index (κ2) is 8.40. The lowest BCUT2D eigenvalue weighted by atomic mass is 10.1. The van der Waals surface area contributed by atoms with Crippen LogP contribution in [0.4, 0.5) is 0 Å². The van der Waals surface area contributed by atoms with Gasteiger partial charge >= 0.3 is 0 Å². The molecule has 1 aromatic heterocycles. The summed E-state index contributed by atoms with van der Waals surface area (Å²) in [6, 6.07) is 5.79. The quantitative estimate of drug-likeness (QED) is 0.310. The molecule has 0 amide bonds. The van der Waals surface area contributed by atoms with Crippen LogP contribution in [0.1, 0.15) is 37.6 Å². The highest BCUT2D eigenvalue weighted by atomic mass is 16.5. The number of ketones is 1. The lowest BCUT2D eigenvalue weighted by Crippen LogP contribution is -2.24. The van der Waals surface area contributed by atoms with Crippen molar-refractivity contribution >= 4 is 5.78 Å². The predicted octanol–water partition coefficient (Wildman–Crippen LogP) is 3.90. The third kappa shape index (κ3) is 4.67. The number of pyridine rings is 1. The van der Waals surface area contributed by atoms with E-state index >= 15 is 0 Å². The fourth-order valence-electron chi connectivity index (χ4n) is 2.58. The molecule has 0 saturated carbocycles. The van der Waals surface area contributed by atoms with Gasteiger partial charge in [0.25, 0.3) is 5.56 Å². The van der Waals surface area contributed by atoms with E-state index in [-0.39, 0.29) is 16.0 Å². The molecule has 1 aromatic carbocycles. The van der Waals surface area contributed by atoms with Crippen LogP contribution in [0.3, 0.4) is 0 Å². The normalized spacial score (nSPS) is 13.1. The smallest absolute Gasteiger partial charge is 0.297 e. The lowest BCUT2D eigenvalue weighted by Gasteiger charge is -2.10. The Bertz CT molecular complexity index is 952. The van der Waals surface area contributed by atoms with Gasteiger partial charge in [-0.1, -0.05) is 50.1 Å². The number of hydrogen-bond acceptors (Lipinski definition) is 5. The molecule has 0 aliphatic rings. The summed E-state index contributed by atoms with van der Waals surface area (Å²) in [6.07, 6.45) is 6.76. The summed E-state index contributed by atoms with van der Waals surface area (Å²) in [5.74, 6) is -0.851. The topological polar surface area (TPSA) is 99.8 Å². The van der Waals surface area contributed by atoms with Crippen LogP contribution in [0.5, 0.6) is 11.5 Å². The second-order valence-corrected chi connectivity index (χ2v) is 6.46. The Labute approximate surface area is 157 Å². The van der Waals surface area contributed by atoms with Crippen LogP contribution >= 0.6 is 0 Å². The fourth-order valence-corrected chi connectivity index (χ4v) is 2.58. The van der Waals surface area contributed by atoms with Crippen molar-refractivity contribution in [1.29, 1.82) is 0 Å². The average Bonchev–Trinajstić information content (AvgIpc) is 2.64. The minimum absolute atomic E-state index is 0.0263. The number of hydrogen-bond donors (Lipinski definition) is 3. The number of allylic oxidation sites excluding steroid dienone is 4. The summed E-state index contributed by atoms with van der Waals surface area (Å²) in [5.41, 5.74) is -0.139. The van der Waals surface area contributed by atoms with Gasteiger partial charge in [-0.2, -0.15) is 4.73 Å². The van der Waals surface area contributed by atoms with Crippen LogP contribution < -0.4 is 5.56 Å². The zero-order valence-electron chi connectivity index (χ0n) is 15.5. The maximum Gasteiger partial charge on any atom is 0.297 e. The Hall–Kier alpha value is -3.28. The molecule has 0 spiro atoms. The molecule has 6 heteroatoms. The maximum absolute atomic E-state index is 12.5. The van der Waals surface area contributed by atoms with Crippen molar-refractivity contribution in [2.24, 2.45) is 5.92 Å². The number of phenolic OH excluding ortho intramolecular Hbond substituents is 1. The summed E-state index contributed by atoms with van der Waals surface area (Å²) < 4.78 is 0.269. The molecule has 1 heterocycles. The van der Waals surface area contributed by atoms with Gasteiger partial charge < -0.3 is 15.4 Å². The number of phenols is 1. The largest absolute Gasteiger partial charge is 0.508 e. The summed E-state index contributed by atoms with van der Waals surface area (Å²) in [7, 11) is 0. The van der Waals surface area contributed by atoms with Gasteiger partial charge in [-0.15, -0.1) is 0 Å². The first-order valence-corrected chi connectivity index (χ1v) is 8.62. The molecule has 142 valence electrons. The third-order valence-corrected chi connectivity index (χ3v) is 4.28. The van der Waals surface area contributed by atoms with E-state index in [1.165, 1.54) is 30.3 Å². The highest BCUT2D eigenvalue weighted by Gasteiger charge is 2.21. The van der Waals surface area contributed by atoms with Crippen molar-refractivity contribution in [2.75, 3.05) is 0 Å². The van der Waals surface area contributed by atoms with E-state index in [1.54, 1.807) is 6.08 Å². The minimum Gasteiger partial charge on any atom is -0.508 e. The van der Waals surface area contributed by atoms with Crippen LogP contribution in [-0.4, -0.2) is 25.9 Å². The molecule has 0 unspecified atom stereocenters. The van der Waals surface area contributed by atoms with Crippen molar-refractivity contribution < 1.29 is 20.2 Å². The number of benzene rings is 1. The first-order valence-electron chi connectivity index (χ1n) is 8.62. The molecule has 0 bridgehead atoms. The van der Waals surface area contributed by atoms with Crippen molar-refractivity contribution in [1.82, 2.24) is 4.73 Å². The Balaban J connectivity index is 2.47. The van der Waals surface area contributed by atoms with Gasteiger partial charge in [0.1, 0.15) is 17.1 Å². The van der Waals surface area contributed by atoms with Crippen LogP contribution in [0.2, 0.25) is 0 Å². The summed E-state index contributed by atoms with van der Waals surface area (Å²) in [6.45, 7) is 5.95. The molecule has 1 atom stereocenters. The number of rotatable bonds is 6. The Morgan fingerprint density at radius 2 is 1.81 bits per heavy atom. The first-order chi connectivity index (χ1) is 12.7. The average molecular weight is 371 g/mol. The van der Waals surface area contributed by atoms with E-state index in [0.29, 0.717) is 11.5 Å². The molecule has 2 rings (SSSR count). The number of aromatic nitrogens is 1. The fraction of sp³-hybridized carbons (Fsp3) is 0.238. The summed E-state index contributed by atoms with van der Waals surface area (Å²) in [5, 5.41) is 29.7. The molecule has 3 N–H and O–H groups in total. The predicted molar refractivity (Wildman–Crippen MR) is 103 cm³/mol. The summed E-state index contributed by atoms with van der Waals surface area (Å²) >= 11 is 0. The molecule has 0 fully saturated rings. The molecule has 0 aliphatic heterocycles. The standard InChI is InChI=1S/C21H23NO5/c1-4-13(2)11-14(3)5-10-18(24)19-20(25)17(12-22(27)21(19)26)15-6-8-16(23)9-7-15/h5-13,23,25,27H,4H2,1-3H3/b10-5+,14-11+/t13-/m1/s1/i17+1,20+1. The molecule has 0 radical (unpaired) electrons. The Morgan fingerprint density at radius 3 is 2.41 bits per heavy atom. The van der Waals surface area contributed by atoms with E-state index < -0.39 is 22.7 Å². The molecule has 0 aliphatic carbocycles. The monoisotopic (exact) mass is 371 g/mol. The molecule has 2 aromatic rings. The molecule has 27 heavy (non-hydrogen) atoms. The van der Waals surface area contributed by atoms with Crippen LogP contribution in [0.15, 0.2) is 59.1 Å². The van der Waals surface area contributed by atoms with Crippen LogP contribution in [0.25, 0.3) is 11.1 Å². The molecular weight excluding hydrogens is 348 g/mol. The van der Waals surface area contributed by atoms with E-state index in [1.807, 2.05) is 13.0 Å². The van der Waals surface area contributed by atoms with E-state index in [9.17, 15) is 25.0 Å². The zero-order chi connectivity index (χ0) is 20.1. The Morgan fingerprint density at radius 1 is 1.19 bits per heavy atom. The van der Waals surface area contributed by atoms with Crippen LogP contribution in [-0.2, 0) is 0 Å². The van der Waals surface area contributed by atoms with Crippen LogP contribution in [0, 0.1) is 5.92 Å². The van der Waals surface area contributed by atoms with Gasteiger partial charge in [0, 0.05) is 5.56 Å². The zero-order valence-corrected chi connectivity index (χ0v) is 15.5. The highest BCUT2D eigenvalue weighted by molar-refractivity contribution is 6.07. The molecular formula is C21H23NO5. The number of aromatic hydroxyl groups is 2. The van der Waals surface area contributed by atoms with Crippen molar-refractivity contribution in [3.05, 3.63) is 70.2 Å². The van der Waals surface area contributed by atoms with Crippen molar-refractivity contribution in [2.45, 2.75) is 27.2 Å². The van der Waals surface area contributed by atoms with Gasteiger partial charge in [0.2, 0.25) is 0 Å².